The lowest BCUT2D eigenvalue weighted by Gasteiger charge is -2.09. The van der Waals surface area contributed by atoms with Gasteiger partial charge in [0.05, 0.1) is 22.9 Å². The Morgan fingerprint density at radius 3 is 2.59 bits per heavy atom. The number of nitrogens with zero attached hydrogens (tertiary/aromatic N) is 1. The van der Waals surface area contributed by atoms with Gasteiger partial charge in [-0.15, -0.1) is 22.7 Å². The van der Waals surface area contributed by atoms with E-state index in [4.69, 9.17) is 9.47 Å². The highest BCUT2D eigenvalue weighted by Gasteiger charge is 2.22. The third-order valence-electron chi connectivity index (χ3n) is 3.60. The highest BCUT2D eigenvalue weighted by molar-refractivity contribution is 7.15. The molecule has 29 heavy (non-hydrogen) atoms. The molecule has 0 unspecified atom stereocenters. The molecule has 0 saturated carbocycles. The Balaban J connectivity index is 1.97. The van der Waals surface area contributed by atoms with E-state index < -0.39 is 24.5 Å². The number of esters is 2. The fourth-order valence-electron chi connectivity index (χ4n) is 2.46. The number of aryl methyl sites for hydroxylation is 1. The van der Waals surface area contributed by atoms with E-state index in [1.165, 1.54) is 34.8 Å². The number of thiophene rings is 1. The number of thiazole rings is 1. The molecule has 2 rings (SSSR count). The molecule has 0 aliphatic heterocycles. The van der Waals surface area contributed by atoms with Crippen molar-refractivity contribution in [3.05, 3.63) is 38.7 Å². The summed E-state index contributed by atoms with van der Waals surface area (Å²) in [7, 11) is 0. The van der Waals surface area contributed by atoms with Gasteiger partial charge in [-0.2, -0.15) is 0 Å². The molecule has 7 nitrogen and oxygen atoms in total. The minimum absolute atomic E-state index is 0.242. The lowest BCUT2D eigenvalue weighted by Crippen LogP contribution is -2.21. The molecule has 9 heteroatoms. The highest BCUT2D eigenvalue weighted by Crippen LogP contribution is 2.30. The molecule has 0 fully saturated rings. The molecule has 2 heterocycles. The maximum atomic E-state index is 12.3. The lowest BCUT2D eigenvalue weighted by atomic mass is 10.0. The predicted octanol–water partition coefficient (Wildman–Crippen LogP) is 4.08. The van der Waals surface area contributed by atoms with Crippen molar-refractivity contribution in [2.75, 3.05) is 18.5 Å². The number of hydrogen-bond acceptors (Lipinski definition) is 8. The van der Waals surface area contributed by atoms with Gasteiger partial charge in [-0.25, -0.2) is 14.6 Å². The fraction of sp³-hybridized carbons (Fsp3) is 0.400. The van der Waals surface area contributed by atoms with Crippen molar-refractivity contribution in [1.29, 1.82) is 0 Å². The number of rotatable bonds is 9. The zero-order chi connectivity index (χ0) is 21.4. The molecule has 156 valence electrons. The van der Waals surface area contributed by atoms with Crippen LogP contribution in [0.1, 0.15) is 47.4 Å². The van der Waals surface area contributed by atoms with Crippen molar-refractivity contribution in [3.8, 4) is 0 Å². The van der Waals surface area contributed by atoms with Gasteiger partial charge < -0.3 is 14.8 Å². The van der Waals surface area contributed by atoms with Crippen LogP contribution < -0.4 is 5.32 Å². The van der Waals surface area contributed by atoms with Gasteiger partial charge in [0.2, 0.25) is 0 Å². The number of aromatic nitrogens is 1. The summed E-state index contributed by atoms with van der Waals surface area (Å²) in [5.74, 6) is -1.31. The topological polar surface area (TPSA) is 94.6 Å². The van der Waals surface area contributed by atoms with E-state index in [0.29, 0.717) is 28.6 Å². The van der Waals surface area contributed by atoms with Gasteiger partial charge in [-0.05, 0) is 43.2 Å². The normalized spacial score (nSPS) is 11.1. The Morgan fingerprint density at radius 2 is 1.97 bits per heavy atom. The van der Waals surface area contributed by atoms with Crippen LogP contribution in [0.5, 0.6) is 0 Å². The Labute approximate surface area is 177 Å². The van der Waals surface area contributed by atoms with Crippen LogP contribution in [0, 0.1) is 12.8 Å². The van der Waals surface area contributed by atoms with Crippen molar-refractivity contribution in [3.63, 3.8) is 0 Å². The molecule has 2 aromatic heterocycles. The number of amides is 1. The zero-order valence-electron chi connectivity index (χ0n) is 16.8. The minimum atomic E-state index is -0.650. The summed E-state index contributed by atoms with van der Waals surface area (Å²) in [5, 5.41) is 7.58. The summed E-state index contributed by atoms with van der Waals surface area (Å²) in [6.45, 7) is 7.47. The van der Waals surface area contributed by atoms with Crippen LogP contribution in [0.4, 0.5) is 5.00 Å². The van der Waals surface area contributed by atoms with Crippen molar-refractivity contribution in [2.24, 2.45) is 5.92 Å². The van der Waals surface area contributed by atoms with Gasteiger partial charge in [0.25, 0.3) is 5.91 Å². The van der Waals surface area contributed by atoms with Gasteiger partial charge in [-0.3, -0.25) is 4.79 Å². The van der Waals surface area contributed by atoms with Crippen molar-refractivity contribution in [2.45, 2.75) is 34.1 Å². The summed E-state index contributed by atoms with van der Waals surface area (Å²) in [6.07, 6.45) is 3.44. The van der Waals surface area contributed by atoms with Crippen LogP contribution >= 0.6 is 22.7 Å². The fourth-order valence-corrected chi connectivity index (χ4v) is 4.02. The third-order valence-corrected chi connectivity index (χ3v) is 5.34. The van der Waals surface area contributed by atoms with E-state index in [9.17, 15) is 14.4 Å². The average molecular weight is 437 g/mol. The molecule has 0 aliphatic rings. The van der Waals surface area contributed by atoms with Crippen LogP contribution in [0.15, 0.2) is 16.8 Å². The first-order chi connectivity index (χ1) is 13.8. The molecule has 0 atom stereocenters. The maximum Gasteiger partial charge on any atom is 0.341 e. The number of carbonyl (C=O) groups is 3. The van der Waals surface area contributed by atoms with Gasteiger partial charge >= 0.3 is 11.9 Å². The molecular weight excluding hydrogens is 412 g/mol. The average Bonchev–Trinajstić information content (AvgIpc) is 3.24. The monoisotopic (exact) mass is 436 g/mol. The summed E-state index contributed by atoms with van der Waals surface area (Å²) >= 11 is 2.72. The molecule has 1 amide bonds. The molecule has 0 spiro atoms. The number of hydrogen-bond donors (Lipinski definition) is 1. The van der Waals surface area contributed by atoms with Crippen molar-refractivity contribution >= 4 is 51.6 Å². The summed E-state index contributed by atoms with van der Waals surface area (Å²) < 4.78 is 10.1. The first-order valence-corrected chi connectivity index (χ1v) is 10.9. The number of ether oxygens (including phenoxy) is 2. The van der Waals surface area contributed by atoms with E-state index in [2.05, 4.69) is 10.3 Å². The van der Waals surface area contributed by atoms with Gasteiger partial charge in [0, 0.05) is 11.5 Å². The minimum Gasteiger partial charge on any atom is -0.462 e. The Kier molecular flexibility index (Phi) is 8.53. The molecule has 0 radical (unpaired) electrons. The van der Waals surface area contributed by atoms with Crippen LogP contribution in [0.3, 0.4) is 0 Å². The van der Waals surface area contributed by atoms with E-state index in [0.717, 1.165) is 10.6 Å². The van der Waals surface area contributed by atoms with E-state index in [1.807, 2.05) is 31.5 Å². The summed E-state index contributed by atoms with van der Waals surface area (Å²) in [5.41, 5.74) is 1.85. The van der Waals surface area contributed by atoms with E-state index >= 15 is 0 Å². The number of carbonyl (C=O) groups excluding carboxylic acids is 3. The molecule has 0 bridgehead atoms. The molecule has 0 aromatic carbocycles. The second-order valence-electron chi connectivity index (χ2n) is 6.56. The summed E-state index contributed by atoms with van der Waals surface area (Å²) in [4.78, 5) is 40.5. The quantitative estimate of drug-likeness (QED) is 0.470. The SMILES string of the molecule is CCOC(=O)c1c(CC(C)C)csc1NC(=O)COC(=O)/C=C/c1csc(C)n1. The standard InChI is InChI=1S/C20H24N2O5S2/c1-5-26-20(25)18-14(8-12(2)3)10-29-19(18)22-16(23)9-27-17(24)7-6-15-11-28-13(4)21-15/h6-7,10-12H,5,8-9H2,1-4H3,(H,22,23)/b7-6+. The van der Waals surface area contributed by atoms with Crippen molar-refractivity contribution in [1.82, 2.24) is 4.98 Å². The first-order valence-electron chi connectivity index (χ1n) is 9.14. The van der Waals surface area contributed by atoms with Gasteiger partial charge in [0.15, 0.2) is 6.61 Å². The Hall–Kier alpha value is -2.52. The van der Waals surface area contributed by atoms with E-state index in [1.54, 1.807) is 6.92 Å². The predicted molar refractivity (Wildman–Crippen MR) is 114 cm³/mol. The van der Waals surface area contributed by atoms with Crippen LogP contribution in [0.2, 0.25) is 0 Å². The first kappa shape index (κ1) is 22.8. The van der Waals surface area contributed by atoms with Crippen molar-refractivity contribution < 1.29 is 23.9 Å². The smallest absolute Gasteiger partial charge is 0.341 e. The largest absolute Gasteiger partial charge is 0.462 e. The Morgan fingerprint density at radius 1 is 1.21 bits per heavy atom. The number of nitrogens with one attached hydrogen (secondary N) is 1. The van der Waals surface area contributed by atoms with Crippen LogP contribution in [-0.2, 0) is 25.5 Å². The third kappa shape index (κ3) is 7.10. The molecule has 0 aliphatic carbocycles. The van der Waals surface area contributed by atoms with Crippen LogP contribution in [0.25, 0.3) is 6.08 Å². The number of anilines is 1. The Bertz CT molecular complexity index is 899. The molecule has 1 N–H and O–H groups in total. The highest BCUT2D eigenvalue weighted by atomic mass is 32.1. The molecule has 2 aromatic rings. The van der Waals surface area contributed by atoms with E-state index in [-0.39, 0.29) is 6.61 Å². The zero-order valence-corrected chi connectivity index (χ0v) is 18.4. The molecular formula is C20H24N2O5S2. The second-order valence-corrected chi connectivity index (χ2v) is 8.51. The lowest BCUT2D eigenvalue weighted by molar-refractivity contribution is -0.142. The second kappa shape index (κ2) is 10.9. The molecule has 0 saturated heterocycles. The van der Waals surface area contributed by atoms with Gasteiger partial charge in [0.1, 0.15) is 5.00 Å². The van der Waals surface area contributed by atoms with Crippen LogP contribution in [-0.4, -0.2) is 36.0 Å². The maximum absolute atomic E-state index is 12.3. The summed E-state index contributed by atoms with van der Waals surface area (Å²) in [6, 6.07) is 0. The van der Waals surface area contributed by atoms with Gasteiger partial charge in [-0.1, -0.05) is 13.8 Å².